The van der Waals surface area contributed by atoms with Crippen LogP contribution in [0.1, 0.15) is 38.5 Å². The predicted molar refractivity (Wildman–Crippen MR) is 54.7 cm³/mol. The van der Waals surface area contributed by atoms with Gasteiger partial charge in [0.25, 0.3) is 0 Å². The zero-order chi connectivity index (χ0) is 10.4. The lowest BCUT2D eigenvalue weighted by molar-refractivity contribution is -0.124. The second-order valence-electron chi connectivity index (χ2n) is 4.09. The van der Waals surface area contributed by atoms with E-state index in [1.807, 2.05) is 0 Å². The highest BCUT2D eigenvalue weighted by Crippen LogP contribution is 2.27. The van der Waals surface area contributed by atoms with Gasteiger partial charge in [-0.15, -0.1) is 0 Å². The van der Waals surface area contributed by atoms with Gasteiger partial charge in [-0.25, -0.2) is 0 Å². The number of carbonyl (C=O) groups excluding carboxylic acids is 1. The molecule has 0 atom stereocenters. The van der Waals surface area contributed by atoms with Gasteiger partial charge in [-0.2, -0.15) is 0 Å². The average Bonchev–Trinajstić information content (AvgIpc) is 2.19. The van der Waals surface area contributed by atoms with E-state index in [1.54, 1.807) is 0 Å². The summed E-state index contributed by atoms with van der Waals surface area (Å²) in [6.07, 6.45) is 5.50. The summed E-state index contributed by atoms with van der Waals surface area (Å²) < 4.78 is 0. The van der Waals surface area contributed by atoms with Gasteiger partial charge in [-0.1, -0.05) is 19.3 Å². The number of amides is 1. The Bertz CT molecular complexity index is 189. The summed E-state index contributed by atoms with van der Waals surface area (Å²) >= 11 is 0. The third-order valence-corrected chi connectivity index (χ3v) is 2.89. The average molecular weight is 200 g/mol. The Morgan fingerprint density at radius 2 is 2.00 bits per heavy atom. The summed E-state index contributed by atoms with van der Waals surface area (Å²) in [4.78, 5) is 11.4. The Kier molecular flexibility index (Phi) is 4.35. The van der Waals surface area contributed by atoms with E-state index in [2.05, 4.69) is 5.32 Å². The van der Waals surface area contributed by atoms with Crippen molar-refractivity contribution in [3.63, 3.8) is 0 Å². The van der Waals surface area contributed by atoms with E-state index in [0.29, 0.717) is 13.0 Å². The van der Waals surface area contributed by atoms with E-state index in [4.69, 9.17) is 5.73 Å². The van der Waals surface area contributed by atoms with E-state index >= 15 is 0 Å². The zero-order valence-corrected chi connectivity index (χ0v) is 8.59. The zero-order valence-electron chi connectivity index (χ0n) is 8.59. The van der Waals surface area contributed by atoms with Crippen LogP contribution in [-0.4, -0.2) is 29.7 Å². The Morgan fingerprint density at radius 1 is 1.36 bits per heavy atom. The molecule has 4 nitrogen and oxygen atoms in total. The Morgan fingerprint density at radius 3 is 2.50 bits per heavy atom. The van der Waals surface area contributed by atoms with Crippen molar-refractivity contribution < 1.29 is 9.90 Å². The molecule has 1 aliphatic rings. The SMILES string of the molecule is NCCC(=O)NC1(CO)CCCCC1. The van der Waals surface area contributed by atoms with Crippen molar-refractivity contribution in [3.05, 3.63) is 0 Å². The van der Waals surface area contributed by atoms with E-state index in [1.165, 1.54) is 6.42 Å². The maximum absolute atomic E-state index is 11.4. The number of nitrogens with one attached hydrogen (secondary N) is 1. The fraction of sp³-hybridized carbons (Fsp3) is 0.900. The largest absolute Gasteiger partial charge is 0.394 e. The first-order valence-electron chi connectivity index (χ1n) is 5.34. The van der Waals surface area contributed by atoms with Crippen molar-refractivity contribution in [2.45, 2.75) is 44.1 Å². The van der Waals surface area contributed by atoms with Crippen molar-refractivity contribution in [1.29, 1.82) is 0 Å². The van der Waals surface area contributed by atoms with Crippen molar-refractivity contribution in [1.82, 2.24) is 5.32 Å². The number of rotatable bonds is 4. The fourth-order valence-electron chi connectivity index (χ4n) is 2.04. The van der Waals surface area contributed by atoms with Crippen LogP contribution in [-0.2, 0) is 4.79 Å². The highest BCUT2D eigenvalue weighted by molar-refractivity contribution is 5.77. The molecule has 4 N–H and O–H groups in total. The van der Waals surface area contributed by atoms with E-state index in [-0.39, 0.29) is 18.1 Å². The van der Waals surface area contributed by atoms with Crippen molar-refractivity contribution in [3.8, 4) is 0 Å². The number of hydrogen-bond donors (Lipinski definition) is 3. The summed E-state index contributed by atoms with van der Waals surface area (Å²) in [6.45, 7) is 0.413. The lowest BCUT2D eigenvalue weighted by Gasteiger charge is -2.36. The molecule has 1 aliphatic carbocycles. The van der Waals surface area contributed by atoms with Crippen LogP contribution in [0.2, 0.25) is 0 Å². The molecule has 0 spiro atoms. The normalized spacial score (nSPS) is 20.4. The molecule has 82 valence electrons. The molecule has 0 aromatic heterocycles. The minimum absolute atomic E-state index is 0.0385. The maximum Gasteiger partial charge on any atom is 0.221 e. The lowest BCUT2D eigenvalue weighted by Crippen LogP contribution is -2.52. The van der Waals surface area contributed by atoms with Crippen LogP contribution in [0.25, 0.3) is 0 Å². The van der Waals surface area contributed by atoms with Gasteiger partial charge in [0, 0.05) is 13.0 Å². The minimum atomic E-state index is -0.357. The molecule has 4 heteroatoms. The fourth-order valence-corrected chi connectivity index (χ4v) is 2.04. The van der Waals surface area contributed by atoms with Gasteiger partial charge in [-0.3, -0.25) is 4.79 Å². The van der Waals surface area contributed by atoms with Crippen LogP contribution in [0.3, 0.4) is 0 Å². The molecule has 0 aromatic carbocycles. The Balaban J connectivity index is 2.47. The number of aliphatic hydroxyl groups is 1. The molecule has 0 aromatic rings. The first kappa shape index (κ1) is 11.5. The Hall–Kier alpha value is -0.610. The smallest absolute Gasteiger partial charge is 0.221 e. The highest BCUT2D eigenvalue weighted by atomic mass is 16.3. The summed E-state index contributed by atoms with van der Waals surface area (Å²) in [5.41, 5.74) is 4.94. The number of carbonyl (C=O) groups is 1. The van der Waals surface area contributed by atoms with Crippen LogP contribution in [0.4, 0.5) is 0 Å². The maximum atomic E-state index is 11.4. The minimum Gasteiger partial charge on any atom is -0.394 e. The quantitative estimate of drug-likeness (QED) is 0.604. The van der Waals surface area contributed by atoms with Crippen LogP contribution in [0, 0.1) is 0 Å². The van der Waals surface area contributed by atoms with E-state index in [9.17, 15) is 9.90 Å². The second kappa shape index (κ2) is 5.32. The molecule has 0 heterocycles. The highest BCUT2D eigenvalue weighted by Gasteiger charge is 2.32. The van der Waals surface area contributed by atoms with E-state index < -0.39 is 0 Å². The lowest BCUT2D eigenvalue weighted by atomic mass is 9.82. The molecule has 1 rings (SSSR count). The van der Waals surface area contributed by atoms with Gasteiger partial charge in [-0.05, 0) is 12.8 Å². The molecule has 1 amide bonds. The van der Waals surface area contributed by atoms with Gasteiger partial charge >= 0.3 is 0 Å². The monoisotopic (exact) mass is 200 g/mol. The summed E-state index contributed by atoms with van der Waals surface area (Å²) in [5.74, 6) is -0.0385. The van der Waals surface area contributed by atoms with Gasteiger partial charge in [0.15, 0.2) is 0 Å². The van der Waals surface area contributed by atoms with Crippen molar-refractivity contribution >= 4 is 5.91 Å². The molecule has 1 fully saturated rings. The van der Waals surface area contributed by atoms with Gasteiger partial charge < -0.3 is 16.2 Å². The Labute approximate surface area is 84.9 Å². The molecule has 14 heavy (non-hydrogen) atoms. The first-order chi connectivity index (χ1) is 6.72. The van der Waals surface area contributed by atoms with Crippen LogP contribution >= 0.6 is 0 Å². The van der Waals surface area contributed by atoms with E-state index in [0.717, 1.165) is 25.7 Å². The molecule has 0 saturated heterocycles. The van der Waals surface area contributed by atoms with Crippen molar-refractivity contribution in [2.24, 2.45) is 5.73 Å². The molecule has 0 unspecified atom stereocenters. The van der Waals surface area contributed by atoms with Crippen LogP contribution in [0.5, 0.6) is 0 Å². The topological polar surface area (TPSA) is 75.4 Å². The molecule has 1 saturated carbocycles. The molecule has 0 bridgehead atoms. The van der Waals surface area contributed by atoms with Crippen LogP contribution < -0.4 is 11.1 Å². The molecule has 0 radical (unpaired) electrons. The second-order valence-corrected chi connectivity index (χ2v) is 4.09. The standard InChI is InChI=1S/C10H20N2O2/c11-7-4-9(14)12-10(8-13)5-2-1-3-6-10/h13H,1-8,11H2,(H,12,14). The third kappa shape index (κ3) is 2.96. The number of nitrogens with two attached hydrogens (primary N) is 1. The summed E-state index contributed by atoms with van der Waals surface area (Å²) in [5, 5.41) is 12.2. The van der Waals surface area contributed by atoms with Crippen LogP contribution in [0.15, 0.2) is 0 Å². The molecular weight excluding hydrogens is 180 g/mol. The summed E-state index contributed by atoms with van der Waals surface area (Å²) in [6, 6.07) is 0. The third-order valence-electron chi connectivity index (χ3n) is 2.89. The molecule has 0 aliphatic heterocycles. The summed E-state index contributed by atoms with van der Waals surface area (Å²) in [7, 11) is 0. The van der Waals surface area contributed by atoms with Gasteiger partial charge in [0.2, 0.25) is 5.91 Å². The van der Waals surface area contributed by atoms with Gasteiger partial charge in [0.05, 0.1) is 12.1 Å². The predicted octanol–water partition coefficient (Wildman–Crippen LogP) is 0.147. The number of aliphatic hydroxyl groups excluding tert-OH is 1. The van der Waals surface area contributed by atoms with Gasteiger partial charge in [0.1, 0.15) is 0 Å². The first-order valence-corrected chi connectivity index (χ1v) is 5.34. The molecular formula is C10H20N2O2. The number of hydrogen-bond acceptors (Lipinski definition) is 3. The van der Waals surface area contributed by atoms with Crippen molar-refractivity contribution in [2.75, 3.05) is 13.2 Å².